The Hall–Kier alpha value is -3.42. The van der Waals surface area contributed by atoms with Crippen molar-refractivity contribution < 1.29 is 9.90 Å². The minimum absolute atomic E-state index is 0.0609. The lowest BCUT2D eigenvalue weighted by Gasteiger charge is -2.17. The van der Waals surface area contributed by atoms with E-state index in [9.17, 15) is 9.90 Å². The summed E-state index contributed by atoms with van der Waals surface area (Å²) in [5.41, 5.74) is 3.25. The molecule has 7 heteroatoms. The second-order valence-corrected chi connectivity index (χ2v) is 9.11. The third-order valence-electron chi connectivity index (χ3n) is 5.48. The van der Waals surface area contributed by atoms with Gasteiger partial charge in [-0.1, -0.05) is 49.7 Å². The summed E-state index contributed by atoms with van der Waals surface area (Å²) >= 11 is 1.53. The van der Waals surface area contributed by atoms with Crippen molar-refractivity contribution in [2.24, 2.45) is 0 Å². The van der Waals surface area contributed by atoms with Crippen LogP contribution in [-0.2, 0) is 0 Å². The van der Waals surface area contributed by atoms with Crippen molar-refractivity contribution >= 4 is 40.7 Å². The van der Waals surface area contributed by atoms with E-state index in [1.165, 1.54) is 11.8 Å². The van der Waals surface area contributed by atoms with Gasteiger partial charge in [-0.2, -0.15) is 5.10 Å². The maximum absolute atomic E-state index is 12.9. The van der Waals surface area contributed by atoms with Crippen LogP contribution in [0.3, 0.4) is 0 Å². The highest BCUT2D eigenvalue weighted by Crippen LogP contribution is 2.33. The van der Waals surface area contributed by atoms with Gasteiger partial charge in [0.2, 0.25) is 0 Å². The van der Waals surface area contributed by atoms with Crippen LogP contribution < -0.4 is 5.32 Å². The highest BCUT2D eigenvalue weighted by atomic mass is 32.2. The first-order valence-corrected chi connectivity index (χ1v) is 12.3. The van der Waals surface area contributed by atoms with E-state index >= 15 is 0 Å². The van der Waals surface area contributed by atoms with Gasteiger partial charge in [-0.3, -0.25) is 14.9 Å². The molecule has 2 heterocycles. The van der Waals surface area contributed by atoms with Gasteiger partial charge in [-0.05, 0) is 61.0 Å². The van der Waals surface area contributed by atoms with Crippen molar-refractivity contribution in [2.75, 3.05) is 6.61 Å². The number of aromatic amines is 1. The molecule has 0 aliphatic rings. The molecule has 0 saturated heterocycles. The number of carbonyl (C=O) groups excluding carboxylic acids is 1. The van der Waals surface area contributed by atoms with Crippen LogP contribution in [0.25, 0.3) is 23.1 Å². The van der Waals surface area contributed by atoms with Crippen LogP contribution in [0.15, 0.2) is 76.7 Å². The van der Waals surface area contributed by atoms with E-state index in [0.717, 1.165) is 51.3 Å². The third kappa shape index (κ3) is 5.92. The SMILES string of the molecule is CCCCC(CO)NC(=O)c1ccccc1Sc1ccc2c(/C=C/c3ccccn3)n[nH]c2c1. The lowest BCUT2D eigenvalue weighted by Crippen LogP contribution is -2.37. The number of nitrogens with one attached hydrogen (secondary N) is 2. The molecule has 3 N–H and O–H groups in total. The fraction of sp³-hybridized carbons (Fsp3) is 0.222. The first-order valence-electron chi connectivity index (χ1n) is 11.4. The van der Waals surface area contributed by atoms with Gasteiger partial charge in [0.05, 0.1) is 35.1 Å². The van der Waals surface area contributed by atoms with Gasteiger partial charge >= 0.3 is 0 Å². The van der Waals surface area contributed by atoms with Crippen LogP contribution in [0.4, 0.5) is 0 Å². The summed E-state index contributed by atoms with van der Waals surface area (Å²) in [6.45, 7) is 2.03. The van der Waals surface area contributed by atoms with Gasteiger partial charge in [0, 0.05) is 21.4 Å². The fourth-order valence-corrected chi connectivity index (χ4v) is 4.63. The summed E-state index contributed by atoms with van der Waals surface area (Å²) < 4.78 is 0. The van der Waals surface area contributed by atoms with Crippen molar-refractivity contribution in [3.8, 4) is 0 Å². The number of pyridine rings is 1. The van der Waals surface area contributed by atoms with E-state index in [1.807, 2.05) is 72.8 Å². The Morgan fingerprint density at radius 3 is 2.79 bits per heavy atom. The number of carbonyl (C=O) groups is 1. The maximum Gasteiger partial charge on any atom is 0.252 e. The molecule has 4 rings (SSSR count). The van der Waals surface area contributed by atoms with E-state index in [4.69, 9.17) is 0 Å². The molecule has 2 aromatic heterocycles. The second-order valence-electron chi connectivity index (χ2n) is 8.00. The van der Waals surface area contributed by atoms with Crippen LogP contribution >= 0.6 is 11.8 Å². The number of nitrogens with zero attached hydrogens (tertiary/aromatic N) is 2. The highest BCUT2D eigenvalue weighted by molar-refractivity contribution is 7.99. The Labute approximate surface area is 203 Å². The number of benzene rings is 2. The van der Waals surface area contributed by atoms with Crippen molar-refractivity contribution in [3.63, 3.8) is 0 Å². The van der Waals surface area contributed by atoms with Crippen LogP contribution in [0, 0.1) is 0 Å². The van der Waals surface area contributed by atoms with Gasteiger partial charge in [0.15, 0.2) is 0 Å². The molecule has 0 fully saturated rings. The zero-order valence-corrected chi connectivity index (χ0v) is 19.9. The molecule has 0 aliphatic heterocycles. The monoisotopic (exact) mass is 472 g/mol. The molecule has 174 valence electrons. The summed E-state index contributed by atoms with van der Waals surface area (Å²) in [7, 11) is 0. The molecular formula is C27H28N4O2S. The normalized spacial score (nSPS) is 12.3. The Bertz CT molecular complexity index is 1270. The number of aromatic nitrogens is 3. The number of unbranched alkanes of at least 4 members (excludes halogenated alkanes) is 1. The standard InChI is InChI=1S/C27H28N4O2S/c1-2-3-8-20(18-32)29-27(33)23-10-4-5-11-26(23)34-21-13-14-22-24(30-31-25(22)17-21)15-12-19-9-6-7-16-28-19/h4-7,9-17,20,32H,2-3,8,18H2,1H3,(H,29,33)(H,30,31)/b15-12+. The Morgan fingerprint density at radius 2 is 2.00 bits per heavy atom. The number of aliphatic hydroxyl groups excluding tert-OH is 1. The van der Waals surface area contributed by atoms with Gasteiger partial charge < -0.3 is 10.4 Å². The van der Waals surface area contributed by atoms with E-state index < -0.39 is 0 Å². The number of hydrogen-bond acceptors (Lipinski definition) is 5. The van der Waals surface area contributed by atoms with E-state index in [2.05, 4.69) is 27.4 Å². The fourth-order valence-electron chi connectivity index (χ4n) is 3.64. The number of fused-ring (bicyclic) bond motifs is 1. The molecule has 6 nitrogen and oxygen atoms in total. The molecule has 0 radical (unpaired) electrons. The van der Waals surface area contributed by atoms with Crippen molar-refractivity contribution in [1.29, 1.82) is 0 Å². The molecule has 0 saturated carbocycles. The molecule has 0 bridgehead atoms. The summed E-state index contributed by atoms with van der Waals surface area (Å²) in [6, 6.07) is 19.2. The topological polar surface area (TPSA) is 90.9 Å². The summed E-state index contributed by atoms with van der Waals surface area (Å²) in [5, 5.41) is 21.1. The lowest BCUT2D eigenvalue weighted by atomic mass is 10.1. The summed E-state index contributed by atoms with van der Waals surface area (Å²) in [4.78, 5) is 19.1. The van der Waals surface area contributed by atoms with Crippen LogP contribution in [-0.4, -0.2) is 38.8 Å². The lowest BCUT2D eigenvalue weighted by molar-refractivity contribution is 0.0909. The smallest absolute Gasteiger partial charge is 0.252 e. The summed E-state index contributed by atoms with van der Waals surface area (Å²) in [5.74, 6) is -0.164. The van der Waals surface area contributed by atoms with E-state index in [0.29, 0.717) is 5.56 Å². The summed E-state index contributed by atoms with van der Waals surface area (Å²) in [6.07, 6.45) is 8.40. The maximum atomic E-state index is 12.9. The highest BCUT2D eigenvalue weighted by Gasteiger charge is 2.16. The predicted molar refractivity (Wildman–Crippen MR) is 138 cm³/mol. The average Bonchev–Trinajstić information content (AvgIpc) is 3.28. The first kappa shape index (κ1) is 23.7. The number of rotatable bonds is 10. The molecule has 4 aromatic rings. The minimum atomic E-state index is -0.232. The zero-order chi connectivity index (χ0) is 23.8. The molecule has 0 spiro atoms. The molecule has 34 heavy (non-hydrogen) atoms. The quantitative estimate of drug-likeness (QED) is 0.281. The third-order valence-corrected chi connectivity index (χ3v) is 6.55. The van der Waals surface area contributed by atoms with Crippen molar-refractivity contribution in [1.82, 2.24) is 20.5 Å². The predicted octanol–water partition coefficient (Wildman–Crippen LogP) is 5.56. The largest absolute Gasteiger partial charge is 0.394 e. The van der Waals surface area contributed by atoms with Crippen LogP contribution in [0.5, 0.6) is 0 Å². The van der Waals surface area contributed by atoms with Crippen molar-refractivity contribution in [3.05, 3.63) is 83.8 Å². The van der Waals surface area contributed by atoms with Gasteiger partial charge in [0.25, 0.3) is 5.91 Å². The van der Waals surface area contributed by atoms with E-state index in [-0.39, 0.29) is 18.6 Å². The number of H-pyrrole nitrogens is 1. The molecular weight excluding hydrogens is 444 g/mol. The first-order chi connectivity index (χ1) is 16.7. The van der Waals surface area contributed by atoms with Gasteiger partial charge in [-0.15, -0.1) is 0 Å². The Balaban J connectivity index is 1.51. The zero-order valence-electron chi connectivity index (χ0n) is 19.1. The van der Waals surface area contributed by atoms with Gasteiger partial charge in [0.1, 0.15) is 0 Å². The number of hydrogen-bond donors (Lipinski definition) is 3. The molecule has 1 amide bonds. The Kier molecular flexibility index (Phi) is 8.12. The van der Waals surface area contributed by atoms with Gasteiger partial charge in [-0.25, -0.2) is 0 Å². The average molecular weight is 473 g/mol. The van der Waals surface area contributed by atoms with Crippen molar-refractivity contribution in [2.45, 2.75) is 42.0 Å². The second kappa shape index (κ2) is 11.6. The minimum Gasteiger partial charge on any atom is -0.394 e. The van der Waals surface area contributed by atoms with Crippen LogP contribution in [0.1, 0.15) is 47.9 Å². The molecule has 0 aliphatic carbocycles. The number of amides is 1. The molecule has 1 unspecified atom stereocenters. The number of aliphatic hydroxyl groups is 1. The Morgan fingerprint density at radius 1 is 1.15 bits per heavy atom. The molecule has 2 aromatic carbocycles. The van der Waals surface area contributed by atoms with Crippen LogP contribution in [0.2, 0.25) is 0 Å². The molecule has 1 atom stereocenters. The van der Waals surface area contributed by atoms with E-state index in [1.54, 1.807) is 6.20 Å².